The van der Waals surface area contributed by atoms with E-state index in [2.05, 4.69) is 24.3 Å². The third-order valence-electron chi connectivity index (χ3n) is 7.89. The van der Waals surface area contributed by atoms with Gasteiger partial charge in [-0.25, -0.2) is 0 Å². The molecule has 6 nitrogen and oxygen atoms in total. The monoisotopic (exact) mass is 428 g/mol. The molecule has 7 rings (SSSR count). The molecule has 4 aliphatic carbocycles. The van der Waals surface area contributed by atoms with Gasteiger partial charge in [0.25, 0.3) is 0 Å². The van der Waals surface area contributed by atoms with Crippen LogP contribution in [0.4, 0.5) is 0 Å². The zero-order chi connectivity index (χ0) is 21.7. The lowest BCUT2D eigenvalue weighted by Crippen LogP contribution is -2.03. The molecule has 0 aliphatic heterocycles. The molecule has 4 N–H and O–H groups in total. The van der Waals surface area contributed by atoms with Crippen molar-refractivity contribution >= 4 is 0 Å². The van der Waals surface area contributed by atoms with E-state index in [1.807, 2.05) is 24.3 Å². The number of nitrogens with zero attached hydrogens (tertiary/aromatic N) is 2. The second-order valence-corrected chi connectivity index (χ2v) is 9.61. The molecule has 0 saturated carbocycles. The summed E-state index contributed by atoms with van der Waals surface area (Å²) in [7, 11) is 0. The molecular weight excluding hydrogens is 404 g/mol. The number of rotatable bonds is 4. The van der Waals surface area contributed by atoms with Gasteiger partial charge in [-0.05, 0) is 24.0 Å². The van der Waals surface area contributed by atoms with Crippen LogP contribution in [0, 0.1) is 0 Å². The van der Waals surface area contributed by atoms with Gasteiger partial charge in [0, 0.05) is 45.9 Å². The first-order chi connectivity index (χ1) is 15.5. The van der Waals surface area contributed by atoms with Crippen molar-refractivity contribution < 1.29 is 20.4 Å². The number of fused-ring (bicyclic) bond motifs is 10. The van der Waals surface area contributed by atoms with Crippen LogP contribution in [-0.2, 0) is 13.1 Å². The van der Waals surface area contributed by atoms with Crippen molar-refractivity contribution in [2.75, 3.05) is 0 Å². The highest BCUT2D eigenvalue weighted by Gasteiger charge is 2.42. The van der Waals surface area contributed by atoms with Crippen LogP contribution in [0.2, 0.25) is 0 Å². The van der Waals surface area contributed by atoms with Crippen molar-refractivity contribution in [3.63, 3.8) is 0 Å². The van der Waals surface area contributed by atoms with Crippen LogP contribution in [-0.4, -0.2) is 29.6 Å². The van der Waals surface area contributed by atoms with E-state index in [4.69, 9.17) is 0 Å². The molecule has 6 heteroatoms. The van der Waals surface area contributed by atoms with E-state index in [0.717, 1.165) is 46.2 Å². The normalized spacial score (nSPS) is 25.8. The molecule has 162 valence electrons. The van der Waals surface area contributed by atoms with E-state index in [1.165, 1.54) is 0 Å². The zero-order valence-corrected chi connectivity index (χ0v) is 17.4. The van der Waals surface area contributed by atoms with E-state index < -0.39 is 0 Å². The van der Waals surface area contributed by atoms with Gasteiger partial charge in [0.2, 0.25) is 0 Å². The highest BCUT2D eigenvalue weighted by molar-refractivity contribution is 5.60. The van der Waals surface area contributed by atoms with Crippen LogP contribution in [0.5, 0.6) is 23.5 Å². The van der Waals surface area contributed by atoms with Gasteiger partial charge in [-0.3, -0.25) is 9.13 Å². The van der Waals surface area contributed by atoms with Crippen LogP contribution in [0.1, 0.15) is 69.9 Å². The van der Waals surface area contributed by atoms with E-state index in [1.54, 1.807) is 9.13 Å². The fourth-order valence-corrected chi connectivity index (χ4v) is 6.47. The first kappa shape index (κ1) is 18.1. The predicted molar refractivity (Wildman–Crippen MR) is 119 cm³/mol. The Morgan fingerprint density at radius 1 is 0.594 bits per heavy atom. The summed E-state index contributed by atoms with van der Waals surface area (Å²) < 4.78 is 3.16. The van der Waals surface area contributed by atoms with Crippen molar-refractivity contribution in [1.82, 2.24) is 9.13 Å². The Morgan fingerprint density at radius 2 is 0.938 bits per heavy atom. The van der Waals surface area contributed by atoms with Crippen LogP contribution >= 0.6 is 0 Å². The molecule has 0 fully saturated rings. The fourth-order valence-electron chi connectivity index (χ4n) is 6.47. The smallest absolute Gasteiger partial charge is 0.198 e. The Morgan fingerprint density at radius 3 is 1.28 bits per heavy atom. The minimum atomic E-state index is 0.153. The predicted octanol–water partition coefficient (Wildman–Crippen LogP) is 4.49. The Hall–Kier alpha value is -3.54. The molecule has 0 amide bonds. The van der Waals surface area contributed by atoms with Crippen LogP contribution in [0.3, 0.4) is 0 Å². The molecule has 3 aromatic rings. The lowest BCUT2D eigenvalue weighted by atomic mass is 10.0. The summed E-state index contributed by atoms with van der Waals surface area (Å²) in [6.07, 6.45) is 10.3. The number of aromatic hydroxyl groups is 4. The largest absolute Gasteiger partial charge is 0.494 e. The summed E-state index contributed by atoms with van der Waals surface area (Å²) in [5.74, 6) is 1.39. The third kappa shape index (κ3) is 2.19. The zero-order valence-electron chi connectivity index (χ0n) is 17.4. The van der Waals surface area contributed by atoms with Gasteiger partial charge in [-0.15, -0.1) is 0 Å². The van der Waals surface area contributed by atoms with E-state index in [-0.39, 0.29) is 47.2 Å². The molecule has 4 bridgehead atoms. The van der Waals surface area contributed by atoms with Gasteiger partial charge in [-0.2, -0.15) is 0 Å². The number of hydrogen-bond acceptors (Lipinski definition) is 4. The van der Waals surface area contributed by atoms with E-state index >= 15 is 0 Å². The maximum atomic E-state index is 10.8. The second-order valence-electron chi connectivity index (χ2n) is 9.61. The van der Waals surface area contributed by atoms with Gasteiger partial charge < -0.3 is 20.4 Å². The minimum absolute atomic E-state index is 0.153. The quantitative estimate of drug-likeness (QED) is 0.461. The highest BCUT2D eigenvalue weighted by atomic mass is 16.3. The standard InChI is InChI=1S/C26H24N2O4/c29-23-19-15-4-5-16(9-15)20(19)24(30)27(23)11-13-2-1-3-14(8-13)12-28-25(31)21-17-6-7-18(10-17)22(21)26(28)32/h1-8,15-18,29-32H,9-12H2. The molecular formula is C26H24N2O4. The van der Waals surface area contributed by atoms with E-state index in [0.29, 0.717) is 13.1 Å². The Kier molecular flexibility index (Phi) is 3.41. The average molecular weight is 428 g/mol. The maximum absolute atomic E-state index is 10.8. The minimum Gasteiger partial charge on any atom is -0.494 e. The summed E-state index contributed by atoms with van der Waals surface area (Å²) in [6.45, 7) is 0.707. The van der Waals surface area contributed by atoms with Gasteiger partial charge >= 0.3 is 0 Å². The van der Waals surface area contributed by atoms with Gasteiger partial charge in [0.05, 0.1) is 13.1 Å². The molecule has 1 aromatic carbocycles. The van der Waals surface area contributed by atoms with Crippen molar-refractivity contribution in [3.8, 4) is 23.5 Å². The third-order valence-corrected chi connectivity index (χ3v) is 7.89. The lowest BCUT2D eigenvalue weighted by molar-refractivity contribution is 0.370. The fraction of sp³-hybridized carbons (Fsp3) is 0.308. The number of benzene rings is 1. The Labute approximate surface area is 185 Å². The molecule has 2 heterocycles. The summed E-state index contributed by atoms with van der Waals surface area (Å²) in [6, 6.07) is 7.84. The molecule has 0 saturated heterocycles. The van der Waals surface area contributed by atoms with Crippen molar-refractivity contribution in [3.05, 3.63) is 82.0 Å². The molecule has 2 aromatic heterocycles. The molecule has 4 atom stereocenters. The second kappa shape index (κ2) is 6.03. The van der Waals surface area contributed by atoms with Gasteiger partial charge in [0.15, 0.2) is 23.5 Å². The summed E-state index contributed by atoms with van der Waals surface area (Å²) in [5, 5.41) is 43.2. The SMILES string of the molecule is Oc1c2c(c(O)n1Cc1cccc(Cn3c(O)c4c(c3O)C3C=CC4C3)c1)C1C=CC2C1. The number of hydrogen-bond donors (Lipinski definition) is 4. The van der Waals surface area contributed by atoms with Crippen molar-refractivity contribution in [2.45, 2.75) is 49.6 Å². The Balaban J connectivity index is 1.20. The topological polar surface area (TPSA) is 90.8 Å². The van der Waals surface area contributed by atoms with Crippen molar-refractivity contribution in [1.29, 1.82) is 0 Å². The number of aromatic nitrogens is 2. The molecule has 4 unspecified atom stereocenters. The van der Waals surface area contributed by atoms with Crippen LogP contribution < -0.4 is 0 Å². The van der Waals surface area contributed by atoms with Crippen LogP contribution in [0.25, 0.3) is 0 Å². The van der Waals surface area contributed by atoms with Gasteiger partial charge in [0.1, 0.15) is 0 Å². The first-order valence-corrected chi connectivity index (χ1v) is 11.2. The summed E-state index contributed by atoms with van der Waals surface area (Å²) in [5.41, 5.74) is 5.33. The molecule has 0 spiro atoms. The Bertz CT molecular complexity index is 1190. The molecule has 0 radical (unpaired) electrons. The molecule has 4 aliphatic rings. The average Bonchev–Trinajstić information content (AvgIpc) is 3.62. The van der Waals surface area contributed by atoms with E-state index in [9.17, 15) is 20.4 Å². The summed E-state index contributed by atoms with van der Waals surface area (Å²) >= 11 is 0. The summed E-state index contributed by atoms with van der Waals surface area (Å²) in [4.78, 5) is 0. The maximum Gasteiger partial charge on any atom is 0.198 e. The van der Waals surface area contributed by atoms with Crippen molar-refractivity contribution in [2.24, 2.45) is 0 Å². The lowest BCUT2D eigenvalue weighted by Gasteiger charge is -2.13. The first-order valence-electron chi connectivity index (χ1n) is 11.2. The highest BCUT2D eigenvalue weighted by Crippen LogP contribution is 2.57. The number of allylic oxidation sites excluding steroid dienone is 4. The molecule has 32 heavy (non-hydrogen) atoms. The van der Waals surface area contributed by atoms with Crippen LogP contribution in [0.15, 0.2) is 48.6 Å². The van der Waals surface area contributed by atoms with Gasteiger partial charge in [-0.1, -0.05) is 48.6 Å².